The van der Waals surface area contributed by atoms with Crippen LogP contribution in [0.2, 0.25) is 0 Å². The average Bonchev–Trinajstić information content (AvgIpc) is 2.84. The highest BCUT2D eigenvalue weighted by atomic mass is 79.9. The largest absolute Gasteiger partial charge is 0.445 e. The highest BCUT2D eigenvalue weighted by molar-refractivity contribution is 9.11. The van der Waals surface area contributed by atoms with Crippen LogP contribution in [-0.4, -0.2) is 13.4 Å². The summed E-state index contributed by atoms with van der Waals surface area (Å²) in [7, 11) is -3.51. The Hall–Kier alpha value is -0.700. The van der Waals surface area contributed by atoms with E-state index in [1.54, 1.807) is 19.2 Å². The second-order valence-electron chi connectivity index (χ2n) is 3.71. The van der Waals surface area contributed by atoms with Crippen molar-refractivity contribution in [3.8, 4) is 0 Å². The molecule has 0 aliphatic carbocycles. The molecule has 0 spiro atoms. The molecule has 0 atom stereocenters. The fourth-order valence-electron chi connectivity index (χ4n) is 1.28. The predicted octanol–water partition coefficient (Wildman–Crippen LogP) is 2.59. The van der Waals surface area contributed by atoms with E-state index in [0.717, 1.165) is 9.35 Å². The number of oxazole rings is 1. The number of nitrogens with zero attached hydrogens (tertiary/aromatic N) is 1. The number of nitrogens with one attached hydrogen (secondary N) is 1. The zero-order chi connectivity index (χ0) is 13.3. The minimum absolute atomic E-state index is 0.0464. The van der Waals surface area contributed by atoms with E-state index in [1.807, 2.05) is 6.92 Å². The van der Waals surface area contributed by atoms with Crippen LogP contribution < -0.4 is 4.72 Å². The van der Waals surface area contributed by atoms with Crippen LogP contribution in [0.5, 0.6) is 0 Å². The second-order valence-corrected chi connectivity index (χ2v) is 8.08. The lowest BCUT2D eigenvalue weighted by Gasteiger charge is -2.01. The lowest BCUT2D eigenvalue weighted by Crippen LogP contribution is -2.22. The Morgan fingerprint density at radius 1 is 1.50 bits per heavy atom. The molecule has 0 amide bonds. The summed E-state index contributed by atoms with van der Waals surface area (Å²) in [6, 6.07) is 1.62. The van der Waals surface area contributed by atoms with Crippen molar-refractivity contribution in [2.45, 2.75) is 24.6 Å². The molecule has 2 rings (SSSR count). The molecule has 0 saturated carbocycles. The molecule has 0 saturated heterocycles. The van der Waals surface area contributed by atoms with E-state index in [-0.39, 0.29) is 10.8 Å². The van der Waals surface area contributed by atoms with E-state index in [1.165, 1.54) is 11.3 Å². The minimum atomic E-state index is -3.51. The molecule has 2 aromatic rings. The molecule has 2 aromatic heterocycles. The maximum absolute atomic E-state index is 12.0. The number of thiophene rings is 1. The number of hydrogen-bond donors (Lipinski definition) is 1. The van der Waals surface area contributed by atoms with Gasteiger partial charge in [-0.2, -0.15) is 0 Å². The molecular weight excluding hydrogens is 340 g/mol. The smallest absolute Gasteiger partial charge is 0.250 e. The molecule has 0 bridgehead atoms. The Morgan fingerprint density at radius 3 is 2.72 bits per heavy atom. The first-order valence-electron chi connectivity index (χ1n) is 5.05. The van der Waals surface area contributed by atoms with Gasteiger partial charge in [-0.05, 0) is 41.4 Å². The SMILES string of the molecule is Cc1cnc(CNS(=O)(=O)c2cc(C)c(Br)s2)o1. The van der Waals surface area contributed by atoms with Crippen LogP contribution in [0.3, 0.4) is 0 Å². The van der Waals surface area contributed by atoms with E-state index in [2.05, 4.69) is 25.6 Å². The predicted molar refractivity (Wildman–Crippen MR) is 72.0 cm³/mol. The number of aromatic nitrogens is 1. The quantitative estimate of drug-likeness (QED) is 0.919. The number of rotatable bonds is 4. The molecule has 0 aliphatic rings. The molecule has 5 nitrogen and oxygen atoms in total. The number of hydrogen-bond acceptors (Lipinski definition) is 5. The van der Waals surface area contributed by atoms with Gasteiger partial charge in [0.1, 0.15) is 9.97 Å². The lowest BCUT2D eigenvalue weighted by atomic mass is 10.4. The highest BCUT2D eigenvalue weighted by Crippen LogP contribution is 2.30. The molecule has 2 heterocycles. The summed E-state index contributed by atoms with van der Waals surface area (Å²) in [5, 5.41) is 0. The van der Waals surface area contributed by atoms with Crippen molar-refractivity contribution in [3.63, 3.8) is 0 Å². The van der Waals surface area contributed by atoms with Gasteiger partial charge in [-0.1, -0.05) is 0 Å². The van der Waals surface area contributed by atoms with Gasteiger partial charge in [0, 0.05) is 0 Å². The van der Waals surface area contributed by atoms with Crippen LogP contribution in [0.4, 0.5) is 0 Å². The topological polar surface area (TPSA) is 72.2 Å². The molecule has 0 aliphatic heterocycles. The molecule has 8 heteroatoms. The van der Waals surface area contributed by atoms with E-state index in [9.17, 15) is 8.42 Å². The van der Waals surface area contributed by atoms with E-state index < -0.39 is 10.0 Å². The third-order valence-corrected chi connectivity index (χ3v) is 6.19. The van der Waals surface area contributed by atoms with Crippen LogP contribution in [0.15, 0.2) is 24.7 Å². The van der Waals surface area contributed by atoms with E-state index in [4.69, 9.17) is 4.42 Å². The van der Waals surface area contributed by atoms with Gasteiger partial charge in [-0.3, -0.25) is 0 Å². The maximum Gasteiger partial charge on any atom is 0.250 e. The van der Waals surface area contributed by atoms with Crippen molar-refractivity contribution in [1.29, 1.82) is 0 Å². The Kier molecular flexibility index (Phi) is 3.90. The summed E-state index contributed by atoms with van der Waals surface area (Å²) in [4.78, 5) is 3.94. The summed E-state index contributed by atoms with van der Waals surface area (Å²) >= 11 is 4.48. The van der Waals surface area contributed by atoms with Crippen molar-refractivity contribution < 1.29 is 12.8 Å². The average molecular weight is 351 g/mol. The minimum Gasteiger partial charge on any atom is -0.445 e. The first-order valence-corrected chi connectivity index (χ1v) is 8.14. The molecule has 18 heavy (non-hydrogen) atoms. The van der Waals surface area contributed by atoms with Gasteiger partial charge in [0.2, 0.25) is 5.89 Å². The van der Waals surface area contributed by atoms with Gasteiger partial charge in [-0.15, -0.1) is 11.3 Å². The molecule has 0 aromatic carbocycles. The molecule has 0 unspecified atom stereocenters. The number of sulfonamides is 1. The van der Waals surface area contributed by atoms with E-state index in [0.29, 0.717) is 11.7 Å². The van der Waals surface area contributed by atoms with E-state index >= 15 is 0 Å². The number of halogens is 1. The molecule has 0 fully saturated rings. The zero-order valence-electron chi connectivity index (χ0n) is 9.73. The van der Waals surface area contributed by atoms with Gasteiger partial charge in [0.05, 0.1) is 16.5 Å². The Balaban J connectivity index is 2.12. The lowest BCUT2D eigenvalue weighted by molar-refractivity contribution is 0.463. The van der Waals surface area contributed by atoms with Gasteiger partial charge in [-0.25, -0.2) is 18.1 Å². The molecule has 1 N–H and O–H groups in total. The normalized spacial score (nSPS) is 11.9. The summed E-state index contributed by atoms with van der Waals surface area (Å²) in [6.07, 6.45) is 1.55. The summed E-state index contributed by atoms with van der Waals surface area (Å²) in [5.74, 6) is 1.00. The fraction of sp³-hybridized carbons (Fsp3) is 0.300. The van der Waals surface area contributed by atoms with Crippen molar-refractivity contribution in [3.05, 3.63) is 33.3 Å². The molecule has 0 radical (unpaired) electrons. The third kappa shape index (κ3) is 3.00. The zero-order valence-corrected chi connectivity index (χ0v) is 12.9. The third-order valence-electron chi connectivity index (χ3n) is 2.18. The molecular formula is C10H11BrN2O3S2. The second kappa shape index (κ2) is 5.12. The summed E-state index contributed by atoms with van der Waals surface area (Å²) in [6.45, 7) is 3.65. The Bertz CT molecular complexity index is 641. The van der Waals surface area contributed by atoms with Crippen molar-refractivity contribution >= 4 is 37.3 Å². The van der Waals surface area contributed by atoms with Crippen LogP contribution >= 0.6 is 27.3 Å². The maximum atomic E-state index is 12.0. The summed E-state index contributed by atoms with van der Waals surface area (Å²) < 4.78 is 32.7. The summed E-state index contributed by atoms with van der Waals surface area (Å²) in [5.41, 5.74) is 0.896. The van der Waals surface area contributed by atoms with Crippen LogP contribution in [0.1, 0.15) is 17.2 Å². The van der Waals surface area contributed by atoms with Crippen LogP contribution in [0, 0.1) is 13.8 Å². The number of aryl methyl sites for hydroxylation is 2. The first-order chi connectivity index (χ1) is 8.38. The van der Waals surface area contributed by atoms with Gasteiger partial charge in [0.15, 0.2) is 0 Å². The van der Waals surface area contributed by atoms with Crippen molar-refractivity contribution in [1.82, 2.24) is 9.71 Å². The van der Waals surface area contributed by atoms with Crippen LogP contribution in [0.25, 0.3) is 0 Å². The highest BCUT2D eigenvalue weighted by Gasteiger charge is 2.18. The standard InChI is InChI=1S/C10H11BrN2O3S2/c1-6-3-9(17-10(6)11)18(14,15)13-5-8-12-4-7(2)16-8/h3-4,13H,5H2,1-2H3. The Morgan fingerprint density at radius 2 is 2.22 bits per heavy atom. The van der Waals surface area contributed by atoms with Gasteiger partial charge in [0.25, 0.3) is 10.0 Å². The van der Waals surface area contributed by atoms with Crippen molar-refractivity contribution in [2.75, 3.05) is 0 Å². The van der Waals surface area contributed by atoms with Crippen molar-refractivity contribution in [2.24, 2.45) is 0 Å². The Labute approximate surface area is 117 Å². The first kappa shape index (κ1) is 13.7. The monoisotopic (exact) mass is 350 g/mol. The van der Waals surface area contributed by atoms with Crippen LogP contribution in [-0.2, 0) is 16.6 Å². The van der Waals surface area contributed by atoms with Gasteiger partial charge >= 0.3 is 0 Å². The fourth-order valence-corrected chi connectivity index (χ4v) is 4.52. The molecule has 98 valence electrons. The van der Waals surface area contributed by atoms with Gasteiger partial charge < -0.3 is 4.42 Å².